The molecule has 0 saturated carbocycles. The van der Waals surface area contributed by atoms with Crippen molar-refractivity contribution in [1.82, 2.24) is 24.5 Å². The van der Waals surface area contributed by atoms with Crippen molar-refractivity contribution < 1.29 is 0 Å². The summed E-state index contributed by atoms with van der Waals surface area (Å²) in [5.74, 6) is 1.84. The molecule has 5 nitrogen and oxygen atoms in total. The first kappa shape index (κ1) is 26.4. The minimum atomic E-state index is 0.0540. The van der Waals surface area contributed by atoms with Gasteiger partial charge in [0, 0.05) is 27.5 Å². The topological polar surface area (TPSA) is 56.5 Å². The molecule has 0 aliphatic rings. The van der Waals surface area contributed by atoms with E-state index in [9.17, 15) is 0 Å². The predicted molar refractivity (Wildman–Crippen MR) is 182 cm³/mol. The lowest BCUT2D eigenvalue weighted by Crippen LogP contribution is -2.10. The third-order valence-electron chi connectivity index (χ3n) is 8.08. The lowest BCUT2D eigenvalue weighted by Gasteiger charge is -2.19. The summed E-state index contributed by atoms with van der Waals surface area (Å²) in [6.07, 6.45) is 0. The number of fused-ring (bicyclic) bond motifs is 4. The smallest absolute Gasteiger partial charge is 0.238 e. The van der Waals surface area contributed by atoms with Crippen LogP contribution < -0.4 is 0 Å². The first-order chi connectivity index (χ1) is 21.4. The van der Waals surface area contributed by atoms with Gasteiger partial charge in [-0.25, -0.2) is 9.97 Å². The van der Waals surface area contributed by atoms with Gasteiger partial charge in [-0.05, 0) is 41.3 Å². The molecule has 0 N–H and O–H groups in total. The highest BCUT2D eigenvalue weighted by Crippen LogP contribution is 2.35. The minimum Gasteiger partial charge on any atom is -0.278 e. The second kappa shape index (κ2) is 10.2. The number of hydrogen-bond donors (Lipinski definition) is 0. The number of benzene rings is 5. The van der Waals surface area contributed by atoms with Gasteiger partial charge in [-0.15, -0.1) is 11.3 Å². The van der Waals surface area contributed by atoms with Crippen molar-refractivity contribution >= 4 is 43.4 Å². The number of hydrogen-bond acceptors (Lipinski definition) is 5. The van der Waals surface area contributed by atoms with Gasteiger partial charge in [-0.3, -0.25) is 4.57 Å². The fourth-order valence-electron chi connectivity index (χ4n) is 5.75. The standard InChI is InChI=1S/C38H29N5S/c1-38(2,3)27-20-17-24(18-21-27)34-40-35(26-19-22-33-30(23-26)39-36(44-33)25-11-5-4-6-12-25)42-37(41-34)43-31-15-9-7-13-28(31)29-14-8-10-16-32(29)43/h4-23H,1-3H3. The third-order valence-corrected chi connectivity index (χ3v) is 9.16. The Balaban J connectivity index is 1.34. The fraction of sp³-hybridized carbons (Fsp3) is 0.105. The van der Waals surface area contributed by atoms with E-state index in [4.69, 9.17) is 19.9 Å². The minimum absolute atomic E-state index is 0.0540. The van der Waals surface area contributed by atoms with Gasteiger partial charge in [0.05, 0.1) is 21.3 Å². The highest BCUT2D eigenvalue weighted by molar-refractivity contribution is 7.21. The van der Waals surface area contributed by atoms with E-state index in [0.29, 0.717) is 17.6 Å². The maximum atomic E-state index is 5.12. The molecule has 0 spiro atoms. The first-order valence-electron chi connectivity index (χ1n) is 14.7. The summed E-state index contributed by atoms with van der Waals surface area (Å²) in [7, 11) is 0. The van der Waals surface area contributed by atoms with Gasteiger partial charge >= 0.3 is 0 Å². The Bertz CT molecular complexity index is 2260. The van der Waals surface area contributed by atoms with E-state index in [1.807, 2.05) is 18.2 Å². The maximum absolute atomic E-state index is 5.12. The molecular formula is C38H29N5S. The molecule has 6 heteroatoms. The summed E-state index contributed by atoms with van der Waals surface area (Å²) in [5, 5.41) is 3.33. The van der Waals surface area contributed by atoms with E-state index in [0.717, 1.165) is 42.9 Å². The quantitative estimate of drug-likeness (QED) is 0.206. The van der Waals surface area contributed by atoms with Gasteiger partial charge in [0.25, 0.3) is 0 Å². The van der Waals surface area contributed by atoms with Crippen LogP contribution >= 0.6 is 11.3 Å². The maximum Gasteiger partial charge on any atom is 0.238 e. The van der Waals surface area contributed by atoms with Crippen molar-refractivity contribution in [1.29, 1.82) is 0 Å². The summed E-state index contributed by atoms with van der Waals surface area (Å²) in [5.41, 5.74) is 7.33. The monoisotopic (exact) mass is 587 g/mol. The van der Waals surface area contributed by atoms with Gasteiger partial charge < -0.3 is 0 Å². The van der Waals surface area contributed by atoms with E-state index in [1.165, 1.54) is 16.3 Å². The van der Waals surface area contributed by atoms with Crippen molar-refractivity contribution in [2.45, 2.75) is 26.2 Å². The number of rotatable bonds is 4. The zero-order chi connectivity index (χ0) is 29.8. The molecule has 212 valence electrons. The molecule has 8 rings (SSSR count). The van der Waals surface area contributed by atoms with Gasteiger partial charge in [-0.2, -0.15) is 9.97 Å². The Kier molecular flexibility index (Phi) is 6.13. The van der Waals surface area contributed by atoms with Crippen LogP contribution in [0.2, 0.25) is 0 Å². The van der Waals surface area contributed by atoms with E-state index in [-0.39, 0.29) is 5.41 Å². The largest absolute Gasteiger partial charge is 0.278 e. The highest BCUT2D eigenvalue weighted by Gasteiger charge is 2.19. The Morgan fingerprint density at radius 1 is 0.545 bits per heavy atom. The summed E-state index contributed by atoms with van der Waals surface area (Å²) >= 11 is 1.69. The van der Waals surface area contributed by atoms with E-state index >= 15 is 0 Å². The molecular weight excluding hydrogens is 559 g/mol. The number of nitrogens with zero attached hydrogens (tertiary/aromatic N) is 5. The van der Waals surface area contributed by atoms with Crippen LogP contribution in [0.15, 0.2) is 121 Å². The molecule has 0 bridgehead atoms. The van der Waals surface area contributed by atoms with Gasteiger partial charge in [0.1, 0.15) is 5.01 Å². The van der Waals surface area contributed by atoms with Crippen molar-refractivity contribution in [3.05, 3.63) is 127 Å². The van der Waals surface area contributed by atoms with Crippen molar-refractivity contribution in [3.63, 3.8) is 0 Å². The highest BCUT2D eigenvalue weighted by atomic mass is 32.1. The second-order valence-corrected chi connectivity index (χ2v) is 13.1. The van der Waals surface area contributed by atoms with Crippen LogP contribution in [0.4, 0.5) is 0 Å². The molecule has 0 aliphatic carbocycles. The molecule has 0 fully saturated rings. The van der Waals surface area contributed by atoms with Gasteiger partial charge in [0.15, 0.2) is 11.6 Å². The normalized spacial score (nSPS) is 12.0. The lowest BCUT2D eigenvalue weighted by atomic mass is 9.87. The molecule has 0 amide bonds. The van der Waals surface area contributed by atoms with E-state index in [1.54, 1.807) is 11.3 Å². The van der Waals surface area contributed by atoms with Crippen molar-refractivity contribution in [2.24, 2.45) is 0 Å². The Hall–Kier alpha value is -5.20. The van der Waals surface area contributed by atoms with Crippen molar-refractivity contribution in [2.75, 3.05) is 0 Å². The molecule has 3 heterocycles. The zero-order valence-corrected chi connectivity index (χ0v) is 25.5. The van der Waals surface area contributed by atoms with Gasteiger partial charge in [0.2, 0.25) is 5.95 Å². The number of para-hydroxylation sites is 2. The van der Waals surface area contributed by atoms with Crippen LogP contribution in [0.25, 0.3) is 71.3 Å². The Labute approximate surface area is 259 Å². The number of aromatic nitrogens is 5. The summed E-state index contributed by atoms with van der Waals surface area (Å²) in [6.45, 7) is 6.67. The van der Waals surface area contributed by atoms with Crippen LogP contribution in [0.1, 0.15) is 26.3 Å². The summed E-state index contributed by atoms with van der Waals surface area (Å²) in [6, 6.07) is 42.0. The lowest BCUT2D eigenvalue weighted by molar-refractivity contribution is 0.590. The average Bonchev–Trinajstić information content (AvgIpc) is 3.64. The average molecular weight is 588 g/mol. The predicted octanol–water partition coefficient (Wildman–Crippen LogP) is 9.88. The molecule has 3 aromatic heterocycles. The molecule has 44 heavy (non-hydrogen) atoms. The molecule has 5 aromatic carbocycles. The molecule has 0 saturated heterocycles. The van der Waals surface area contributed by atoms with Crippen LogP contribution in [-0.2, 0) is 5.41 Å². The number of thiazole rings is 1. The molecule has 0 unspecified atom stereocenters. The third kappa shape index (κ3) is 4.55. The summed E-state index contributed by atoms with van der Waals surface area (Å²) < 4.78 is 3.28. The van der Waals surface area contributed by atoms with Crippen LogP contribution in [0.3, 0.4) is 0 Å². The van der Waals surface area contributed by atoms with Crippen molar-refractivity contribution in [3.8, 4) is 39.3 Å². The van der Waals surface area contributed by atoms with Crippen LogP contribution in [0, 0.1) is 0 Å². The molecule has 0 aliphatic heterocycles. The molecule has 0 atom stereocenters. The molecule has 8 aromatic rings. The van der Waals surface area contributed by atoms with E-state index in [2.05, 4.69) is 128 Å². The van der Waals surface area contributed by atoms with Gasteiger partial charge in [-0.1, -0.05) is 112 Å². The fourth-order valence-corrected chi connectivity index (χ4v) is 6.70. The molecule has 0 radical (unpaired) electrons. The first-order valence-corrected chi connectivity index (χ1v) is 15.6. The zero-order valence-electron chi connectivity index (χ0n) is 24.7. The van der Waals surface area contributed by atoms with Crippen LogP contribution in [-0.4, -0.2) is 24.5 Å². The Morgan fingerprint density at radius 3 is 1.80 bits per heavy atom. The second-order valence-electron chi connectivity index (χ2n) is 12.0. The Morgan fingerprint density at radius 2 is 1.14 bits per heavy atom. The summed E-state index contributed by atoms with van der Waals surface area (Å²) in [4.78, 5) is 20.2. The van der Waals surface area contributed by atoms with E-state index < -0.39 is 0 Å². The van der Waals surface area contributed by atoms with Crippen LogP contribution in [0.5, 0.6) is 0 Å². The SMILES string of the molecule is CC(C)(C)c1ccc(-c2nc(-c3ccc4sc(-c5ccccc5)nc4c3)nc(-n3c4ccccc4c4ccccc43)n2)cc1.